The van der Waals surface area contributed by atoms with Gasteiger partial charge in [0.25, 0.3) is 0 Å². The standard InChI is InChI=1S/C25H20N4O2S/c30-22-19-16-11-13-17(14-12-16)20(19)23(31)24(21(22)15-7-3-1-4-8-15)32-25-26-27-28-29(25)18-9-5-2-6-10-18/h1-11,13,16-17,30-31H,12,14H2. The highest BCUT2D eigenvalue weighted by Gasteiger charge is 2.37. The molecule has 2 N–H and O–H groups in total. The summed E-state index contributed by atoms with van der Waals surface area (Å²) in [7, 11) is 0. The van der Waals surface area contributed by atoms with Crippen LogP contribution in [0.5, 0.6) is 11.5 Å². The minimum atomic E-state index is 0.107. The maximum atomic E-state index is 11.5. The van der Waals surface area contributed by atoms with Gasteiger partial charge < -0.3 is 10.2 Å². The van der Waals surface area contributed by atoms with Gasteiger partial charge in [-0.3, -0.25) is 0 Å². The summed E-state index contributed by atoms with van der Waals surface area (Å²) in [6.45, 7) is 0. The van der Waals surface area contributed by atoms with Crippen LogP contribution in [0.3, 0.4) is 0 Å². The molecule has 0 spiro atoms. The molecule has 2 bridgehead atoms. The topological polar surface area (TPSA) is 84.1 Å². The van der Waals surface area contributed by atoms with Crippen LogP contribution in [0.25, 0.3) is 16.8 Å². The van der Waals surface area contributed by atoms with Crippen LogP contribution < -0.4 is 0 Å². The third kappa shape index (κ3) is 2.92. The normalized spacial score (nSPS) is 18.6. The Bertz CT molecular complexity index is 1340. The molecule has 1 heterocycles. The van der Waals surface area contributed by atoms with Crippen molar-refractivity contribution in [1.29, 1.82) is 0 Å². The molecule has 4 aromatic rings. The van der Waals surface area contributed by atoms with E-state index in [4.69, 9.17) is 0 Å². The number of rotatable bonds is 4. The average molecular weight is 441 g/mol. The monoisotopic (exact) mass is 440 g/mol. The molecule has 6 nitrogen and oxygen atoms in total. The van der Waals surface area contributed by atoms with E-state index < -0.39 is 0 Å². The summed E-state index contributed by atoms with van der Waals surface area (Å²) in [6, 6.07) is 19.3. The van der Waals surface area contributed by atoms with Gasteiger partial charge in [-0.2, -0.15) is 4.68 Å². The molecule has 0 amide bonds. The van der Waals surface area contributed by atoms with E-state index in [1.807, 2.05) is 60.7 Å². The Morgan fingerprint density at radius 2 is 1.44 bits per heavy atom. The summed E-state index contributed by atoms with van der Waals surface area (Å²) in [5.41, 5.74) is 3.98. The zero-order valence-electron chi connectivity index (χ0n) is 17.1. The Morgan fingerprint density at radius 3 is 2.09 bits per heavy atom. The van der Waals surface area contributed by atoms with Crippen LogP contribution in [-0.4, -0.2) is 30.4 Å². The molecular weight excluding hydrogens is 420 g/mol. The lowest BCUT2D eigenvalue weighted by atomic mass is 9.70. The first-order chi connectivity index (χ1) is 15.7. The van der Waals surface area contributed by atoms with Gasteiger partial charge in [0.2, 0.25) is 5.16 Å². The van der Waals surface area contributed by atoms with Gasteiger partial charge in [0.05, 0.1) is 10.6 Å². The summed E-state index contributed by atoms with van der Waals surface area (Å²) in [6.07, 6.45) is 6.26. The van der Waals surface area contributed by atoms with Crippen molar-refractivity contribution in [2.75, 3.05) is 0 Å². The van der Waals surface area contributed by atoms with Crippen molar-refractivity contribution in [1.82, 2.24) is 20.2 Å². The molecule has 0 aliphatic heterocycles. The second-order valence-electron chi connectivity index (χ2n) is 8.08. The van der Waals surface area contributed by atoms with Crippen molar-refractivity contribution in [3.05, 3.63) is 83.9 Å². The Morgan fingerprint density at radius 1 is 0.812 bits per heavy atom. The first-order valence-corrected chi connectivity index (χ1v) is 11.4. The predicted octanol–water partition coefficient (Wildman–Crippen LogP) is 5.42. The molecule has 0 fully saturated rings. The lowest BCUT2D eigenvalue weighted by Crippen LogP contribution is -2.18. The Kier molecular flexibility index (Phi) is 4.50. The lowest BCUT2D eigenvalue weighted by molar-refractivity contribution is 0.413. The Labute approximate surface area is 189 Å². The summed E-state index contributed by atoms with van der Waals surface area (Å²) < 4.78 is 1.64. The number of fused-ring (bicyclic) bond motifs is 1. The minimum Gasteiger partial charge on any atom is -0.507 e. The molecule has 2 unspecified atom stereocenters. The first-order valence-electron chi connectivity index (χ1n) is 10.6. The molecule has 0 radical (unpaired) electrons. The molecule has 3 aliphatic rings. The number of phenolic OH excluding ortho intramolecular Hbond substituents is 2. The van der Waals surface area contributed by atoms with E-state index in [0.29, 0.717) is 15.6 Å². The van der Waals surface area contributed by atoms with Gasteiger partial charge in [-0.05, 0) is 52.7 Å². The van der Waals surface area contributed by atoms with Gasteiger partial charge in [-0.1, -0.05) is 60.7 Å². The number of nitrogens with zero attached hydrogens (tertiary/aromatic N) is 4. The fraction of sp³-hybridized carbons (Fsp3) is 0.160. The fourth-order valence-electron chi connectivity index (χ4n) is 4.83. The molecule has 0 saturated heterocycles. The zero-order valence-corrected chi connectivity index (χ0v) is 17.9. The number of aromatic hydroxyl groups is 2. The molecule has 2 atom stereocenters. The number of hydrogen-bond acceptors (Lipinski definition) is 6. The van der Waals surface area contributed by atoms with Gasteiger partial charge in [0.15, 0.2) is 0 Å². The number of phenols is 2. The first kappa shape index (κ1) is 19.1. The van der Waals surface area contributed by atoms with Crippen LogP contribution in [0.2, 0.25) is 0 Å². The van der Waals surface area contributed by atoms with Crippen LogP contribution in [-0.2, 0) is 0 Å². The van der Waals surface area contributed by atoms with Gasteiger partial charge in [0, 0.05) is 28.5 Å². The predicted molar refractivity (Wildman–Crippen MR) is 122 cm³/mol. The summed E-state index contributed by atoms with van der Waals surface area (Å²) >= 11 is 1.27. The Balaban J connectivity index is 1.57. The fourth-order valence-corrected chi connectivity index (χ4v) is 5.84. The number of allylic oxidation sites excluding steroid dienone is 2. The molecule has 7 rings (SSSR count). The van der Waals surface area contributed by atoms with Gasteiger partial charge >= 0.3 is 0 Å². The number of benzene rings is 3. The highest BCUT2D eigenvalue weighted by atomic mass is 32.2. The van der Waals surface area contributed by atoms with Crippen LogP contribution in [0, 0.1) is 0 Å². The molecule has 0 saturated carbocycles. The molecule has 158 valence electrons. The molecule has 32 heavy (non-hydrogen) atoms. The maximum absolute atomic E-state index is 11.5. The van der Waals surface area contributed by atoms with E-state index in [1.165, 1.54) is 11.8 Å². The molecule has 3 aliphatic carbocycles. The second-order valence-corrected chi connectivity index (χ2v) is 9.06. The molecule has 1 aromatic heterocycles. The van der Waals surface area contributed by atoms with Gasteiger partial charge in [-0.25, -0.2) is 0 Å². The Hall–Kier alpha value is -3.58. The average Bonchev–Trinajstić information content (AvgIpc) is 3.32. The SMILES string of the molecule is Oc1c(Sc2nnnn2-c2ccccc2)c(-c2ccccc2)c(O)c2c1C1C=CC2CC1. The smallest absolute Gasteiger partial charge is 0.219 e. The maximum Gasteiger partial charge on any atom is 0.219 e. The van der Waals surface area contributed by atoms with Gasteiger partial charge in [0.1, 0.15) is 11.5 Å². The van der Waals surface area contributed by atoms with Crippen LogP contribution in [0.4, 0.5) is 0 Å². The van der Waals surface area contributed by atoms with E-state index in [2.05, 4.69) is 27.7 Å². The number of tetrazole rings is 1. The van der Waals surface area contributed by atoms with Crippen molar-refractivity contribution >= 4 is 11.8 Å². The van der Waals surface area contributed by atoms with Crippen LogP contribution in [0.1, 0.15) is 35.8 Å². The van der Waals surface area contributed by atoms with E-state index in [-0.39, 0.29) is 23.3 Å². The quantitative estimate of drug-likeness (QED) is 0.326. The van der Waals surface area contributed by atoms with Crippen molar-refractivity contribution in [3.8, 4) is 28.3 Å². The highest BCUT2D eigenvalue weighted by molar-refractivity contribution is 7.99. The summed E-state index contributed by atoms with van der Waals surface area (Å²) in [5.74, 6) is 0.680. The second kappa shape index (κ2) is 7.53. The van der Waals surface area contributed by atoms with E-state index >= 15 is 0 Å². The minimum absolute atomic E-state index is 0.107. The molecular formula is C25H20N4O2S. The van der Waals surface area contributed by atoms with Crippen molar-refractivity contribution < 1.29 is 10.2 Å². The lowest BCUT2D eigenvalue weighted by Gasteiger charge is -2.36. The number of para-hydroxylation sites is 1. The van der Waals surface area contributed by atoms with E-state index in [9.17, 15) is 10.2 Å². The third-order valence-electron chi connectivity index (χ3n) is 6.28. The van der Waals surface area contributed by atoms with Crippen molar-refractivity contribution in [2.24, 2.45) is 0 Å². The summed E-state index contributed by atoms with van der Waals surface area (Å²) in [5, 5.41) is 35.8. The largest absolute Gasteiger partial charge is 0.507 e. The molecule has 3 aromatic carbocycles. The van der Waals surface area contributed by atoms with Crippen LogP contribution in [0.15, 0.2) is 82.9 Å². The number of aromatic nitrogens is 4. The highest BCUT2D eigenvalue weighted by Crippen LogP contribution is 2.58. The third-order valence-corrected chi connectivity index (χ3v) is 7.32. The zero-order chi connectivity index (χ0) is 21.7. The van der Waals surface area contributed by atoms with Crippen LogP contribution >= 0.6 is 11.8 Å². The van der Waals surface area contributed by atoms with Gasteiger partial charge in [-0.15, -0.1) is 5.10 Å². The molecule has 7 heteroatoms. The summed E-state index contributed by atoms with van der Waals surface area (Å²) in [4.78, 5) is 0.570. The van der Waals surface area contributed by atoms with Crippen molar-refractivity contribution in [3.63, 3.8) is 0 Å². The van der Waals surface area contributed by atoms with E-state index in [0.717, 1.165) is 35.2 Å². The van der Waals surface area contributed by atoms with Crippen molar-refractivity contribution in [2.45, 2.75) is 34.7 Å². The number of hydrogen-bond donors (Lipinski definition) is 2. The van der Waals surface area contributed by atoms with E-state index in [1.54, 1.807) is 4.68 Å².